The third kappa shape index (κ3) is 4.35. The standard InChI is InChI=1S/C24H30N4O/c1-24(25,15-18-16-27-20-12-6-5-11-19(18)20)23(29)28-22(17-9-3-2-4-10-17)21-13-7-8-14-26-21/h5-8,11-14,16-17,22,27H,2-4,9-10,15,25H2,1H3,(H,28,29). The fourth-order valence-corrected chi connectivity index (χ4v) is 4.52. The van der Waals surface area contributed by atoms with Crippen LogP contribution in [0, 0.1) is 5.92 Å². The van der Waals surface area contributed by atoms with Crippen molar-refractivity contribution in [2.24, 2.45) is 11.7 Å². The van der Waals surface area contributed by atoms with E-state index < -0.39 is 5.54 Å². The number of hydrogen-bond donors (Lipinski definition) is 3. The first-order chi connectivity index (χ1) is 14.0. The second kappa shape index (κ2) is 8.37. The van der Waals surface area contributed by atoms with E-state index in [1.165, 1.54) is 19.3 Å². The maximum atomic E-state index is 13.3. The van der Waals surface area contributed by atoms with Gasteiger partial charge in [0.15, 0.2) is 0 Å². The van der Waals surface area contributed by atoms with Crippen LogP contribution < -0.4 is 11.1 Å². The molecule has 1 aliphatic rings. The summed E-state index contributed by atoms with van der Waals surface area (Å²) in [6.45, 7) is 1.82. The first-order valence-corrected chi connectivity index (χ1v) is 10.6. The number of aromatic amines is 1. The zero-order chi connectivity index (χ0) is 20.3. The summed E-state index contributed by atoms with van der Waals surface area (Å²) in [5.74, 6) is 0.287. The van der Waals surface area contributed by atoms with Crippen molar-refractivity contribution in [1.29, 1.82) is 0 Å². The molecule has 4 N–H and O–H groups in total. The maximum Gasteiger partial charge on any atom is 0.240 e. The molecule has 1 saturated carbocycles. The highest BCUT2D eigenvalue weighted by Crippen LogP contribution is 2.34. The minimum atomic E-state index is -1.01. The molecule has 5 nitrogen and oxygen atoms in total. The highest BCUT2D eigenvalue weighted by molar-refractivity contribution is 5.88. The minimum absolute atomic E-state index is 0.0881. The van der Waals surface area contributed by atoms with Gasteiger partial charge < -0.3 is 16.0 Å². The summed E-state index contributed by atoms with van der Waals surface area (Å²) in [7, 11) is 0. The molecular weight excluding hydrogens is 360 g/mol. The van der Waals surface area contributed by atoms with Crippen molar-refractivity contribution in [3.05, 3.63) is 66.1 Å². The molecule has 152 valence electrons. The van der Waals surface area contributed by atoms with Crippen LogP contribution in [-0.2, 0) is 11.2 Å². The SMILES string of the molecule is CC(N)(Cc1c[nH]c2ccccc12)C(=O)NC(c1ccccn1)C1CCCCC1. The lowest BCUT2D eigenvalue weighted by atomic mass is 9.82. The highest BCUT2D eigenvalue weighted by atomic mass is 16.2. The Balaban J connectivity index is 1.54. The van der Waals surface area contributed by atoms with Crippen LogP contribution in [-0.4, -0.2) is 21.4 Å². The van der Waals surface area contributed by atoms with E-state index in [9.17, 15) is 4.79 Å². The number of rotatable bonds is 6. The normalized spacial score (nSPS) is 18.3. The van der Waals surface area contributed by atoms with Gasteiger partial charge in [-0.25, -0.2) is 0 Å². The van der Waals surface area contributed by atoms with Gasteiger partial charge in [0.05, 0.1) is 17.3 Å². The lowest BCUT2D eigenvalue weighted by Gasteiger charge is -2.33. The van der Waals surface area contributed by atoms with Gasteiger partial charge in [-0.3, -0.25) is 9.78 Å². The van der Waals surface area contributed by atoms with Gasteiger partial charge in [-0.05, 0) is 49.4 Å². The second-order valence-corrected chi connectivity index (χ2v) is 8.56. The number of fused-ring (bicyclic) bond motifs is 1. The van der Waals surface area contributed by atoms with E-state index in [1.807, 2.05) is 49.5 Å². The van der Waals surface area contributed by atoms with Crippen LogP contribution in [0.25, 0.3) is 10.9 Å². The number of aromatic nitrogens is 2. The van der Waals surface area contributed by atoms with Crippen LogP contribution in [0.5, 0.6) is 0 Å². The Morgan fingerprint density at radius 3 is 2.72 bits per heavy atom. The molecule has 1 aromatic carbocycles. The topological polar surface area (TPSA) is 83.8 Å². The van der Waals surface area contributed by atoms with Gasteiger partial charge in [0.1, 0.15) is 0 Å². The molecule has 2 atom stereocenters. The molecule has 2 heterocycles. The fraction of sp³-hybridized carbons (Fsp3) is 0.417. The Morgan fingerprint density at radius 2 is 1.97 bits per heavy atom. The predicted molar refractivity (Wildman–Crippen MR) is 116 cm³/mol. The number of nitrogens with two attached hydrogens (primary N) is 1. The van der Waals surface area contributed by atoms with E-state index >= 15 is 0 Å². The van der Waals surface area contributed by atoms with Crippen LogP contribution in [0.1, 0.15) is 56.3 Å². The first kappa shape index (κ1) is 19.6. The van der Waals surface area contributed by atoms with E-state index in [2.05, 4.69) is 21.4 Å². The highest BCUT2D eigenvalue weighted by Gasteiger charge is 2.34. The molecule has 5 heteroatoms. The van der Waals surface area contributed by atoms with E-state index in [0.717, 1.165) is 35.0 Å². The number of para-hydroxylation sites is 1. The fourth-order valence-electron chi connectivity index (χ4n) is 4.52. The summed E-state index contributed by atoms with van der Waals surface area (Å²) in [6.07, 6.45) is 10.1. The summed E-state index contributed by atoms with van der Waals surface area (Å²) >= 11 is 0. The van der Waals surface area contributed by atoms with Gasteiger partial charge in [0.2, 0.25) is 5.91 Å². The Hall–Kier alpha value is -2.66. The lowest BCUT2D eigenvalue weighted by molar-refractivity contribution is -0.127. The van der Waals surface area contributed by atoms with Crippen molar-refractivity contribution in [3.63, 3.8) is 0 Å². The van der Waals surface area contributed by atoms with Crippen LogP contribution in [0.4, 0.5) is 0 Å². The van der Waals surface area contributed by atoms with E-state index in [0.29, 0.717) is 12.3 Å². The Labute approximate surface area is 172 Å². The molecule has 29 heavy (non-hydrogen) atoms. The predicted octanol–water partition coefficient (Wildman–Crippen LogP) is 4.26. The molecule has 1 fully saturated rings. The molecule has 4 rings (SSSR count). The first-order valence-electron chi connectivity index (χ1n) is 10.6. The number of nitrogens with one attached hydrogen (secondary N) is 2. The monoisotopic (exact) mass is 390 g/mol. The summed E-state index contributed by atoms with van der Waals surface area (Å²) in [5, 5.41) is 4.38. The quantitative estimate of drug-likeness (QED) is 0.588. The van der Waals surface area contributed by atoms with Crippen LogP contribution in [0.15, 0.2) is 54.9 Å². The number of H-pyrrole nitrogens is 1. The van der Waals surface area contributed by atoms with Crippen molar-refractivity contribution in [2.75, 3.05) is 0 Å². The summed E-state index contributed by atoms with van der Waals surface area (Å²) in [4.78, 5) is 21.1. The minimum Gasteiger partial charge on any atom is -0.361 e. The van der Waals surface area contributed by atoms with Gasteiger partial charge in [0.25, 0.3) is 0 Å². The van der Waals surface area contributed by atoms with Crippen LogP contribution in [0.2, 0.25) is 0 Å². The van der Waals surface area contributed by atoms with Crippen molar-refractivity contribution in [1.82, 2.24) is 15.3 Å². The number of amides is 1. The molecule has 0 spiro atoms. The number of carbonyl (C=O) groups excluding carboxylic acids is 1. The van der Waals surface area contributed by atoms with E-state index in [-0.39, 0.29) is 11.9 Å². The Morgan fingerprint density at radius 1 is 1.21 bits per heavy atom. The van der Waals surface area contributed by atoms with Crippen LogP contribution in [0.3, 0.4) is 0 Å². The molecule has 0 bridgehead atoms. The Kier molecular flexibility index (Phi) is 5.67. The molecule has 0 radical (unpaired) electrons. The summed E-state index contributed by atoms with van der Waals surface area (Å²) in [6, 6.07) is 13.9. The van der Waals surface area contributed by atoms with Crippen molar-refractivity contribution < 1.29 is 4.79 Å². The van der Waals surface area contributed by atoms with Gasteiger partial charge in [-0.1, -0.05) is 43.5 Å². The molecule has 2 aromatic heterocycles. The third-order valence-corrected chi connectivity index (χ3v) is 6.17. The van der Waals surface area contributed by atoms with E-state index in [4.69, 9.17) is 5.73 Å². The second-order valence-electron chi connectivity index (χ2n) is 8.56. The van der Waals surface area contributed by atoms with Gasteiger partial charge in [-0.15, -0.1) is 0 Å². The number of nitrogens with zero attached hydrogens (tertiary/aromatic N) is 1. The third-order valence-electron chi connectivity index (χ3n) is 6.17. The average Bonchev–Trinajstić information content (AvgIpc) is 3.15. The zero-order valence-corrected chi connectivity index (χ0v) is 17.0. The molecule has 3 aromatic rings. The van der Waals surface area contributed by atoms with Crippen molar-refractivity contribution in [3.8, 4) is 0 Å². The van der Waals surface area contributed by atoms with Gasteiger partial charge in [0, 0.05) is 29.7 Å². The molecule has 1 aliphatic carbocycles. The molecule has 0 saturated heterocycles. The number of benzene rings is 1. The lowest BCUT2D eigenvalue weighted by Crippen LogP contribution is -2.54. The number of carbonyl (C=O) groups is 1. The summed E-state index contributed by atoms with van der Waals surface area (Å²) < 4.78 is 0. The average molecular weight is 391 g/mol. The van der Waals surface area contributed by atoms with Crippen molar-refractivity contribution in [2.45, 2.75) is 57.0 Å². The van der Waals surface area contributed by atoms with E-state index in [1.54, 1.807) is 6.20 Å². The number of pyridine rings is 1. The molecule has 2 unspecified atom stereocenters. The smallest absolute Gasteiger partial charge is 0.240 e. The Bertz CT molecular complexity index is 957. The largest absolute Gasteiger partial charge is 0.361 e. The summed E-state index contributed by atoms with van der Waals surface area (Å²) in [5.41, 5.74) is 8.60. The van der Waals surface area contributed by atoms with Crippen molar-refractivity contribution >= 4 is 16.8 Å². The van der Waals surface area contributed by atoms with Crippen LogP contribution >= 0.6 is 0 Å². The zero-order valence-electron chi connectivity index (χ0n) is 17.0. The maximum absolute atomic E-state index is 13.3. The van der Waals surface area contributed by atoms with Gasteiger partial charge >= 0.3 is 0 Å². The number of hydrogen-bond acceptors (Lipinski definition) is 3. The molecular formula is C24H30N4O. The molecule has 1 amide bonds. The van der Waals surface area contributed by atoms with Gasteiger partial charge in [-0.2, -0.15) is 0 Å². The molecule has 0 aliphatic heterocycles.